The van der Waals surface area contributed by atoms with E-state index in [0.29, 0.717) is 39.5 Å². The van der Waals surface area contributed by atoms with Gasteiger partial charge in [-0.25, -0.2) is 9.78 Å². The van der Waals surface area contributed by atoms with Crippen LogP contribution in [0.1, 0.15) is 39.0 Å². The molecule has 0 unspecified atom stereocenters. The molecule has 1 aromatic heterocycles. The van der Waals surface area contributed by atoms with Crippen LogP contribution in [-0.4, -0.2) is 42.6 Å². The van der Waals surface area contributed by atoms with Gasteiger partial charge in [0.25, 0.3) is 0 Å². The van der Waals surface area contributed by atoms with E-state index in [1.807, 2.05) is 0 Å². The van der Waals surface area contributed by atoms with Gasteiger partial charge in [-0.15, -0.1) is 11.3 Å². The van der Waals surface area contributed by atoms with Gasteiger partial charge in [-0.2, -0.15) is 5.10 Å². The number of anilines is 2. The molecule has 168 valence electrons. The highest BCUT2D eigenvalue weighted by Gasteiger charge is 2.18. The first-order valence-corrected chi connectivity index (χ1v) is 10.6. The Labute approximate surface area is 189 Å². The quantitative estimate of drug-likeness (QED) is 0.328. The summed E-state index contributed by atoms with van der Waals surface area (Å²) in [4.78, 5) is 28.0. The van der Waals surface area contributed by atoms with Crippen LogP contribution in [0.15, 0.2) is 22.6 Å². The van der Waals surface area contributed by atoms with Crippen molar-refractivity contribution in [2.45, 2.75) is 39.7 Å². The fourth-order valence-electron chi connectivity index (χ4n) is 2.31. The zero-order chi connectivity index (χ0) is 23.0. The van der Waals surface area contributed by atoms with Gasteiger partial charge < -0.3 is 14.2 Å². The van der Waals surface area contributed by atoms with E-state index in [-0.39, 0.29) is 12.4 Å². The van der Waals surface area contributed by atoms with Gasteiger partial charge in [0.2, 0.25) is 5.13 Å². The van der Waals surface area contributed by atoms with Crippen molar-refractivity contribution in [3.8, 4) is 5.75 Å². The minimum atomic E-state index is -0.650. The van der Waals surface area contributed by atoms with E-state index in [1.54, 1.807) is 45.2 Å². The molecule has 11 heteroatoms. The summed E-state index contributed by atoms with van der Waals surface area (Å²) >= 11 is 7.51. The average Bonchev–Trinajstić information content (AvgIpc) is 3.09. The summed E-state index contributed by atoms with van der Waals surface area (Å²) < 4.78 is 15.4. The molecule has 0 aliphatic carbocycles. The van der Waals surface area contributed by atoms with Crippen LogP contribution in [-0.2, 0) is 20.7 Å². The number of esters is 1. The van der Waals surface area contributed by atoms with Crippen LogP contribution < -0.4 is 15.5 Å². The number of hydrogen-bond donors (Lipinski definition) is 2. The molecule has 0 radical (unpaired) electrons. The third-order valence-electron chi connectivity index (χ3n) is 3.51. The summed E-state index contributed by atoms with van der Waals surface area (Å²) in [7, 11) is 1.48. The van der Waals surface area contributed by atoms with Crippen LogP contribution >= 0.6 is 22.9 Å². The highest BCUT2D eigenvalue weighted by molar-refractivity contribution is 7.13. The number of nitrogens with one attached hydrogen (secondary N) is 2. The van der Waals surface area contributed by atoms with Gasteiger partial charge in [-0.3, -0.25) is 15.5 Å². The Hall–Kier alpha value is -2.85. The lowest BCUT2D eigenvalue weighted by Crippen LogP contribution is -2.27. The van der Waals surface area contributed by atoms with Crippen LogP contribution in [0.2, 0.25) is 5.02 Å². The Morgan fingerprint density at radius 2 is 2.06 bits per heavy atom. The number of thiazole rings is 1. The molecule has 0 spiro atoms. The molecular formula is C20H25ClN4O5S. The van der Waals surface area contributed by atoms with Crippen LogP contribution in [0.5, 0.6) is 5.75 Å². The Kier molecular flexibility index (Phi) is 8.64. The van der Waals surface area contributed by atoms with Gasteiger partial charge in [0.1, 0.15) is 11.4 Å². The third kappa shape index (κ3) is 8.06. The van der Waals surface area contributed by atoms with Gasteiger partial charge in [0.05, 0.1) is 42.8 Å². The topological polar surface area (TPSA) is 111 Å². The maximum atomic E-state index is 12.2. The number of methoxy groups -OCH3 is 1. The van der Waals surface area contributed by atoms with E-state index < -0.39 is 11.7 Å². The molecule has 1 heterocycles. The summed E-state index contributed by atoms with van der Waals surface area (Å²) in [6.07, 6.45) is 0.945. The molecule has 0 atom stereocenters. The average molecular weight is 469 g/mol. The normalized spacial score (nSPS) is 11.3. The molecule has 1 aromatic carbocycles. The lowest BCUT2D eigenvalue weighted by atomic mass is 10.2. The van der Waals surface area contributed by atoms with Crippen molar-refractivity contribution in [1.82, 2.24) is 4.98 Å². The monoisotopic (exact) mass is 468 g/mol. The molecular weight excluding hydrogens is 444 g/mol. The van der Waals surface area contributed by atoms with Crippen molar-refractivity contribution in [3.63, 3.8) is 0 Å². The molecule has 2 aromatic rings. The van der Waals surface area contributed by atoms with Crippen LogP contribution in [0.3, 0.4) is 0 Å². The number of ether oxygens (including phenoxy) is 3. The van der Waals surface area contributed by atoms with Crippen molar-refractivity contribution in [1.29, 1.82) is 0 Å². The summed E-state index contributed by atoms with van der Waals surface area (Å²) in [5, 5.41) is 9.41. The van der Waals surface area contributed by atoms with Gasteiger partial charge in [-0.05, 0) is 33.8 Å². The van der Waals surface area contributed by atoms with Gasteiger partial charge in [0, 0.05) is 17.0 Å². The van der Waals surface area contributed by atoms with Gasteiger partial charge >= 0.3 is 12.1 Å². The zero-order valence-electron chi connectivity index (χ0n) is 17.9. The van der Waals surface area contributed by atoms with Gasteiger partial charge in [0.15, 0.2) is 0 Å². The maximum absolute atomic E-state index is 12.2. The molecule has 0 bridgehead atoms. The minimum Gasteiger partial charge on any atom is -0.495 e. The Bertz CT molecular complexity index is 956. The van der Waals surface area contributed by atoms with Crippen molar-refractivity contribution < 1.29 is 23.8 Å². The molecule has 0 saturated heterocycles. The summed E-state index contributed by atoms with van der Waals surface area (Å²) in [6, 6.07) is 3.18. The van der Waals surface area contributed by atoms with E-state index in [0.717, 1.165) is 0 Å². The van der Waals surface area contributed by atoms with E-state index in [2.05, 4.69) is 20.8 Å². The predicted molar refractivity (Wildman–Crippen MR) is 122 cm³/mol. The van der Waals surface area contributed by atoms with E-state index in [1.165, 1.54) is 24.7 Å². The molecule has 2 rings (SSSR count). The smallest absolute Gasteiger partial charge is 0.412 e. The molecule has 0 fully saturated rings. The number of hydrogen-bond acceptors (Lipinski definition) is 9. The second kappa shape index (κ2) is 11.0. The Balaban J connectivity index is 2.13. The van der Waals surface area contributed by atoms with E-state index in [4.69, 9.17) is 25.8 Å². The van der Waals surface area contributed by atoms with E-state index in [9.17, 15) is 9.59 Å². The number of nitrogens with zero attached hydrogens (tertiary/aromatic N) is 2. The summed E-state index contributed by atoms with van der Waals surface area (Å²) in [5.74, 6) is 0.0509. The van der Waals surface area contributed by atoms with Crippen molar-refractivity contribution in [2.75, 3.05) is 24.5 Å². The number of hydrazone groups is 1. The highest BCUT2D eigenvalue weighted by Crippen LogP contribution is 2.31. The number of carbonyl (C=O) groups excluding carboxylic acids is 2. The number of benzene rings is 1. The number of rotatable bonds is 8. The SMILES string of the molecule is CCOC(=O)Cc1csc(NN=Cc2cc(Cl)c(OC)cc2NC(=O)OC(C)(C)C)n1. The molecule has 2 N–H and O–H groups in total. The number of carbonyl (C=O) groups is 2. The van der Waals surface area contributed by atoms with Crippen molar-refractivity contribution >= 4 is 52.0 Å². The lowest BCUT2D eigenvalue weighted by Gasteiger charge is -2.20. The Morgan fingerprint density at radius 1 is 1.32 bits per heavy atom. The highest BCUT2D eigenvalue weighted by atomic mass is 35.5. The first kappa shape index (κ1) is 24.4. The summed E-state index contributed by atoms with van der Waals surface area (Å²) in [5.41, 5.74) is 3.65. The second-order valence-corrected chi connectivity index (χ2v) is 8.46. The first-order valence-electron chi connectivity index (χ1n) is 9.38. The van der Waals surface area contributed by atoms with Crippen LogP contribution in [0, 0.1) is 0 Å². The van der Waals surface area contributed by atoms with Crippen molar-refractivity contribution in [2.24, 2.45) is 5.10 Å². The molecule has 0 aliphatic rings. The fraction of sp³-hybridized carbons (Fsp3) is 0.400. The zero-order valence-corrected chi connectivity index (χ0v) is 19.5. The van der Waals surface area contributed by atoms with Crippen LogP contribution in [0.25, 0.3) is 0 Å². The molecule has 0 saturated carbocycles. The standard InChI is InChI=1S/C20H25ClN4O5S/c1-6-29-17(26)8-13-11-31-18(23-13)25-22-10-12-7-14(21)16(28-5)9-15(12)24-19(27)30-20(2,3)4/h7,9-11H,6,8H2,1-5H3,(H,23,25)(H,24,27). The minimum absolute atomic E-state index is 0.0911. The molecule has 1 amide bonds. The molecule has 0 aliphatic heterocycles. The third-order valence-corrected chi connectivity index (χ3v) is 4.60. The molecule has 9 nitrogen and oxygen atoms in total. The second-order valence-electron chi connectivity index (χ2n) is 7.20. The largest absolute Gasteiger partial charge is 0.495 e. The fourth-order valence-corrected chi connectivity index (χ4v) is 3.22. The molecule has 31 heavy (non-hydrogen) atoms. The van der Waals surface area contributed by atoms with Crippen molar-refractivity contribution in [3.05, 3.63) is 33.8 Å². The van der Waals surface area contributed by atoms with E-state index >= 15 is 0 Å². The number of halogens is 1. The Morgan fingerprint density at radius 3 is 2.71 bits per heavy atom. The maximum Gasteiger partial charge on any atom is 0.412 e. The summed E-state index contributed by atoms with van der Waals surface area (Å²) in [6.45, 7) is 7.38. The predicted octanol–water partition coefficient (Wildman–Crippen LogP) is 4.70. The van der Waals surface area contributed by atoms with Crippen LogP contribution in [0.4, 0.5) is 15.6 Å². The number of aromatic nitrogens is 1. The number of amides is 1. The van der Waals surface area contributed by atoms with Gasteiger partial charge in [-0.1, -0.05) is 11.6 Å². The lowest BCUT2D eigenvalue weighted by molar-refractivity contribution is -0.142. The first-order chi connectivity index (χ1) is 14.6.